The number of halogens is 1. The van der Waals surface area contributed by atoms with E-state index in [2.05, 4.69) is 25.6 Å². The number of ether oxygens (including phenoxy) is 2. The standard InChI is InChI=1S/C22H26FN7O3/c1-32-21-22(33-2)29-17-9-11(7-8-16(17)28-21)26-19-12(18(25)31)10-13(23)20(30-19)27-15-6-4-3-5-14(15)24/h7-10,14-15H,3-6,24H2,1-2H3,(H2,25,31)(H2,26,27,30)/t14-,15?/m0/s1. The SMILES string of the molecule is COc1nc2ccc(Nc3nc(NC4CCCC[C@@H]4N)c(F)cc3C(N)=O)cc2nc1OC. The first kappa shape index (κ1) is 22.5. The van der Waals surface area contributed by atoms with E-state index >= 15 is 0 Å². The lowest BCUT2D eigenvalue weighted by molar-refractivity contribution is 0.100. The Labute approximate surface area is 189 Å². The van der Waals surface area contributed by atoms with Crippen LogP contribution in [-0.2, 0) is 0 Å². The van der Waals surface area contributed by atoms with Gasteiger partial charge in [0.25, 0.3) is 17.7 Å². The Morgan fingerprint density at radius 3 is 2.39 bits per heavy atom. The van der Waals surface area contributed by atoms with Crippen LogP contribution in [0.2, 0.25) is 0 Å². The number of rotatable bonds is 7. The van der Waals surface area contributed by atoms with Crippen LogP contribution >= 0.6 is 0 Å². The lowest BCUT2D eigenvalue weighted by Crippen LogP contribution is -2.43. The maximum Gasteiger partial charge on any atom is 0.278 e. The Morgan fingerprint density at radius 1 is 1.03 bits per heavy atom. The minimum absolute atomic E-state index is 0.0110. The van der Waals surface area contributed by atoms with Crippen molar-refractivity contribution in [1.82, 2.24) is 15.0 Å². The number of anilines is 3. The van der Waals surface area contributed by atoms with Gasteiger partial charge in [-0.1, -0.05) is 12.8 Å². The fourth-order valence-corrected chi connectivity index (χ4v) is 3.89. The van der Waals surface area contributed by atoms with Crippen LogP contribution in [0.15, 0.2) is 24.3 Å². The first-order chi connectivity index (χ1) is 15.9. The third-order valence-electron chi connectivity index (χ3n) is 5.63. The third-order valence-corrected chi connectivity index (χ3v) is 5.63. The van der Waals surface area contributed by atoms with Crippen molar-refractivity contribution in [2.24, 2.45) is 11.5 Å². The molecule has 4 rings (SSSR count). The van der Waals surface area contributed by atoms with E-state index in [1.54, 1.807) is 18.2 Å². The van der Waals surface area contributed by atoms with Crippen LogP contribution in [-0.4, -0.2) is 47.2 Å². The van der Waals surface area contributed by atoms with Gasteiger partial charge in [0, 0.05) is 17.8 Å². The molecule has 0 saturated heterocycles. The lowest BCUT2D eigenvalue weighted by Gasteiger charge is -2.30. The van der Waals surface area contributed by atoms with E-state index in [4.69, 9.17) is 20.9 Å². The summed E-state index contributed by atoms with van der Waals surface area (Å²) in [6, 6.07) is 6.01. The van der Waals surface area contributed by atoms with Crippen molar-refractivity contribution in [2.75, 3.05) is 24.9 Å². The molecular weight excluding hydrogens is 429 g/mol. The minimum Gasteiger partial charge on any atom is -0.477 e. The monoisotopic (exact) mass is 455 g/mol. The number of carbonyl (C=O) groups excluding carboxylic acids is 1. The second kappa shape index (κ2) is 9.41. The quantitative estimate of drug-likeness (QED) is 0.421. The molecule has 0 spiro atoms. The van der Waals surface area contributed by atoms with Crippen molar-refractivity contribution in [2.45, 2.75) is 37.8 Å². The Kier molecular flexibility index (Phi) is 6.40. The molecule has 10 nitrogen and oxygen atoms in total. The topological polar surface area (TPSA) is 150 Å². The number of nitrogens with one attached hydrogen (secondary N) is 2. The number of amides is 1. The third kappa shape index (κ3) is 4.72. The van der Waals surface area contributed by atoms with Crippen LogP contribution in [0, 0.1) is 5.82 Å². The predicted octanol–water partition coefficient (Wildman–Crippen LogP) is 2.71. The number of aromatic nitrogens is 3. The van der Waals surface area contributed by atoms with Crippen LogP contribution in [0.5, 0.6) is 11.8 Å². The van der Waals surface area contributed by atoms with E-state index in [1.165, 1.54) is 14.2 Å². The highest BCUT2D eigenvalue weighted by Gasteiger charge is 2.24. The molecule has 1 fully saturated rings. The maximum atomic E-state index is 14.7. The summed E-state index contributed by atoms with van der Waals surface area (Å²) in [5.41, 5.74) is 13.2. The molecule has 0 radical (unpaired) electrons. The number of carbonyl (C=O) groups is 1. The number of methoxy groups -OCH3 is 2. The zero-order valence-electron chi connectivity index (χ0n) is 18.4. The van der Waals surface area contributed by atoms with Gasteiger partial charge in [0.2, 0.25) is 0 Å². The number of nitrogens with two attached hydrogens (primary N) is 2. The molecule has 0 aliphatic heterocycles. The zero-order chi connectivity index (χ0) is 23.5. The summed E-state index contributed by atoms with van der Waals surface area (Å²) in [5, 5.41) is 6.13. The first-order valence-corrected chi connectivity index (χ1v) is 10.6. The molecule has 3 aromatic rings. The number of benzene rings is 1. The molecule has 1 saturated carbocycles. The van der Waals surface area contributed by atoms with Gasteiger partial charge in [-0.2, -0.15) is 0 Å². The molecule has 174 valence electrons. The molecule has 1 amide bonds. The Hall–Kier alpha value is -3.73. The molecule has 2 aromatic heterocycles. The number of pyridine rings is 1. The predicted molar refractivity (Wildman–Crippen MR) is 122 cm³/mol. The summed E-state index contributed by atoms with van der Waals surface area (Å²) in [4.78, 5) is 25.0. The van der Waals surface area contributed by atoms with E-state index in [9.17, 15) is 9.18 Å². The van der Waals surface area contributed by atoms with Crippen LogP contribution in [0.25, 0.3) is 11.0 Å². The first-order valence-electron chi connectivity index (χ1n) is 10.6. The average molecular weight is 455 g/mol. The molecule has 11 heteroatoms. The van der Waals surface area contributed by atoms with Crippen LogP contribution in [0.4, 0.5) is 21.7 Å². The molecule has 2 atom stereocenters. The van der Waals surface area contributed by atoms with Gasteiger partial charge < -0.3 is 31.6 Å². The van der Waals surface area contributed by atoms with Gasteiger partial charge >= 0.3 is 0 Å². The summed E-state index contributed by atoms with van der Waals surface area (Å²) in [5.74, 6) is -0.862. The van der Waals surface area contributed by atoms with E-state index in [0.29, 0.717) is 16.7 Å². The van der Waals surface area contributed by atoms with Gasteiger partial charge in [-0.15, -0.1) is 0 Å². The van der Waals surface area contributed by atoms with Gasteiger partial charge in [0.15, 0.2) is 11.6 Å². The Morgan fingerprint density at radius 2 is 1.73 bits per heavy atom. The Bertz CT molecular complexity index is 1190. The highest BCUT2D eigenvalue weighted by Crippen LogP contribution is 2.29. The second-order valence-electron chi connectivity index (χ2n) is 7.85. The summed E-state index contributed by atoms with van der Waals surface area (Å²) in [6.07, 6.45) is 3.72. The van der Waals surface area contributed by atoms with Crippen LogP contribution in [0.1, 0.15) is 36.0 Å². The van der Waals surface area contributed by atoms with Gasteiger partial charge in [0.05, 0.1) is 30.8 Å². The van der Waals surface area contributed by atoms with Crippen LogP contribution in [0.3, 0.4) is 0 Å². The van der Waals surface area contributed by atoms with E-state index < -0.39 is 11.7 Å². The van der Waals surface area contributed by atoms with Crippen LogP contribution < -0.4 is 31.6 Å². The van der Waals surface area contributed by atoms with Gasteiger partial charge in [-0.05, 0) is 37.1 Å². The molecule has 2 heterocycles. The number of hydrogen-bond donors (Lipinski definition) is 4. The lowest BCUT2D eigenvalue weighted by atomic mass is 9.91. The van der Waals surface area contributed by atoms with E-state index in [-0.39, 0.29) is 41.0 Å². The molecule has 1 unspecified atom stereocenters. The smallest absolute Gasteiger partial charge is 0.278 e. The molecule has 1 aliphatic rings. The average Bonchev–Trinajstić information content (AvgIpc) is 2.81. The number of primary amides is 1. The van der Waals surface area contributed by atoms with Crippen molar-refractivity contribution in [3.8, 4) is 11.8 Å². The minimum atomic E-state index is -0.809. The number of fused-ring (bicyclic) bond motifs is 1. The zero-order valence-corrected chi connectivity index (χ0v) is 18.4. The highest BCUT2D eigenvalue weighted by atomic mass is 19.1. The van der Waals surface area contributed by atoms with Gasteiger partial charge in [0.1, 0.15) is 5.82 Å². The summed E-state index contributed by atoms with van der Waals surface area (Å²) in [7, 11) is 2.94. The molecule has 33 heavy (non-hydrogen) atoms. The maximum absolute atomic E-state index is 14.7. The molecule has 0 bridgehead atoms. The summed E-state index contributed by atoms with van der Waals surface area (Å²) in [6.45, 7) is 0. The highest BCUT2D eigenvalue weighted by molar-refractivity contribution is 5.99. The molecule has 1 aromatic carbocycles. The Balaban J connectivity index is 1.68. The molecule has 1 aliphatic carbocycles. The van der Waals surface area contributed by atoms with Crippen molar-refractivity contribution in [1.29, 1.82) is 0 Å². The van der Waals surface area contributed by atoms with Crippen molar-refractivity contribution in [3.63, 3.8) is 0 Å². The number of nitrogens with zero attached hydrogens (tertiary/aromatic N) is 3. The summed E-state index contributed by atoms with van der Waals surface area (Å²) >= 11 is 0. The van der Waals surface area contributed by atoms with E-state index in [1.807, 2.05) is 0 Å². The summed E-state index contributed by atoms with van der Waals surface area (Å²) < 4.78 is 25.1. The number of hydrogen-bond acceptors (Lipinski definition) is 9. The van der Waals surface area contributed by atoms with E-state index in [0.717, 1.165) is 31.7 Å². The largest absolute Gasteiger partial charge is 0.477 e. The second-order valence-corrected chi connectivity index (χ2v) is 7.85. The van der Waals surface area contributed by atoms with Crippen molar-refractivity contribution >= 4 is 34.3 Å². The normalized spacial score (nSPS) is 18.1. The van der Waals surface area contributed by atoms with Gasteiger partial charge in [-0.25, -0.2) is 19.3 Å². The van der Waals surface area contributed by atoms with Crippen molar-refractivity contribution in [3.05, 3.63) is 35.6 Å². The molecular formula is C22H26FN7O3. The fourth-order valence-electron chi connectivity index (χ4n) is 3.89. The van der Waals surface area contributed by atoms with Gasteiger partial charge in [-0.3, -0.25) is 4.79 Å². The fraction of sp³-hybridized carbons (Fsp3) is 0.364. The molecule has 6 N–H and O–H groups in total. The van der Waals surface area contributed by atoms with Crippen molar-refractivity contribution < 1.29 is 18.7 Å².